The standard InChI is InChI=1S/C18H20N2O4S/c1-12(2)17(21)24-14-6-8-20(9-7-14)16-5-4-15(25-16)10-13(11-19)18(22)23-3/h4-5,10,14H,1,6-9H2,2-3H3/b13-10+. The van der Waals surface area contributed by atoms with E-state index in [0.717, 1.165) is 35.8 Å². The average molecular weight is 360 g/mol. The second kappa shape index (κ2) is 8.49. The molecule has 25 heavy (non-hydrogen) atoms. The monoisotopic (exact) mass is 360 g/mol. The first-order valence-electron chi connectivity index (χ1n) is 7.86. The summed E-state index contributed by atoms with van der Waals surface area (Å²) in [7, 11) is 1.25. The number of ether oxygens (including phenoxy) is 2. The highest BCUT2D eigenvalue weighted by Gasteiger charge is 2.23. The molecule has 0 aromatic carbocycles. The van der Waals surface area contributed by atoms with E-state index in [1.807, 2.05) is 18.2 Å². The number of rotatable bonds is 5. The van der Waals surface area contributed by atoms with Crippen LogP contribution in [0, 0.1) is 11.3 Å². The van der Waals surface area contributed by atoms with Crippen LogP contribution in [0.3, 0.4) is 0 Å². The molecule has 0 aliphatic carbocycles. The summed E-state index contributed by atoms with van der Waals surface area (Å²) >= 11 is 1.50. The minimum Gasteiger partial charge on any atom is -0.465 e. The van der Waals surface area contributed by atoms with Crippen LogP contribution in [-0.4, -0.2) is 38.2 Å². The summed E-state index contributed by atoms with van der Waals surface area (Å²) in [6.45, 7) is 6.79. The predicted molar refractivity (Wildman–Crippen MR) is 96.1 cm³/mol. The molecule has 0 spiro atoms. The Kier molecular flexibility index (Phi) is 6.37. The Labute approximate surface area is 150 Å². The molecule has 7 heteroatoms. The van der Waals surface area contributed by atoms with E-state index in [2.05, 4.69) is 16.2 Å². The van der Waals surface area contributed by atoms with Gasteiger partial charge in [-0.15, -0.1) is 11.3 Å². The number of esters is 2. The number of anilines is 1. The summed E-state index contributed by atoms with van der Waals surface area (Å²) in [6, 6.07) is 5.68. The van der Waals surface area contributed by atoms with Crippen LogP contribution in [0.1, 0.15) is 24.6 Å². The zero-order chi connectivity index (χ0) is 18.4. The SMILES string of the molecule is C=C(C)C(=O)OC1CCN(c2ccc(/C=C(\C#N)C(=O)OC)s2)CC1. The van der Waals surface area contributed by atoms with Gasteiger partial charge in [-0.25, -0.2) is 9.59 Å². The number of carbonyl (C=O) groups is 2. The minimum atomic E-state index is -0.641. The van der Waals surface area contributed by atoms with Gasteiger partial charge in [-0.2, -0.15) is 5.26 Å². The maximum atomic E-state index is 11.6. The molecule has 1 aromatic heterocycles. The van der Waals surface area contributed by atoms with Crippen molar-refractivity contribution in [2.75, 3.05) is 25.1 Å². The number of carbonyl (C=O) groups excluding carboxylic acids is 2. The predicted octanol–water partition coefficient (Wildman–Crippen LogP) is 2.92. The van der Waals surface area contributed by atoms with Crippen LogP contribution in [0.2, 0.25) is 0 Å². The fraction of sp³-hybridized carbons (Fsp3) is 0.389. The average Bonchev–Trinajstić information content (AvgIpc) is 3.08. The number of methoxy groups -OCH3 is 1. The quantitative estimate of drug-likeness (QED) is 0.456. The smallest absolute Gasteiger partial charge is 0.348 e. The molecule has 2 rings (SSSR count). The fourth-order valence-corrected chi connectivity index (χ4v) is 3.43. The molecular weight excluding hydrogens is 340 g/mol. The van der Waals surface area contributed by atoms with E-state index >= 15 is 0 Å². The van der Waals surface area contributed by atoms with Gasteiger partial charge >= 0.3 is 11.9 Å². The van der Waals surface area contributed by atoms with Gasteiger partial charge in [-0.1, -0.05) is 6.58 Å². The summed E-state index contributed by atoms with van der Waals surface area (Å²) in [5.41, 5.74) is 0.386. The number of hydrogen-bond donors (Lipinski definition) is 0. The van der Waals surface area contributed by atoms with Gasteiger partial charge in [0.1, 0.15) is 17.7 Å². The highest BCUT2D eigenvalue weighted by Crippen LogP contribution is 2.30. The van der Waals surface area contributed by atoms with Gasteiger partial charge in [0.25, 0.3) is 0 Å². The van der Waals surface area contributed by atoms with Crippen LogP contribution < -0.4 is 4.90 Å². The third-order valence-corrected chi connectivity index (χ3v) is 4.89. The Morgan fingerprint density at radius 1 is 1.36 bits per heavy atom. The summed E-state index contributed by atoms with van der Waals surface area (Å²) in [6.07, 6.45) is 2.97. The van der Waals surface area contributed by atoms with Crippen molar-refractivity contribution in [2.24, 2.45) is 0 Å². The molecule has 1 aromatic rings. The number of nitriles is 1. The molecule has 0 bridgehead atoms. The van der Waals surface area contributed by atoms with Crippen molar-refractivity contribution in [3.8, 4) is 6.07 Å². The number of hydrogen-bond acceptors (Lipinski definition) is 7. The molecule has 1 aliphatic heterocycles. The van der Waals surface area contributed by atoms with Crippen molar-refractivity contribution in [2.45, 2.75) is 25.9 Å². The molecule has 2 heterocycles. The van der Waals surface area contributed by atoms with Gasteiger partial charge in [0.2, 0.25) is 0 Å². The normalized spacial score (nSPS) is 15.4. The van der Waals surface area contributed by atoms with Crippen LogP contribution in [0.25, 0.3) is 6.08 Å². The van der Waals surface area contributed by atoms with E-state index in [4.69, 9.17) is 10.00 Å². The van der Waals surface area contributed by atoms with Gasteiger partial charge in [-0.05, 0) is 25.1 Å². The molecule has 0 amide bonds. The Hall–Kier alpha value is -2.59. The maximum absolute atomic E-state index is 11.6. The second-order valence-corrected chi connectivity index (χ2v) is 6.80. The Morgan fingerprint density at radius 2 is 2.04 bits per heavy atom. The van der Waals surface area contributed by atoms with Gasteiger partial charge in [0.05, 0.1) is 12.1 Å². The molecule has 0 radical (unpaired) electrons. The van der Waals surface area contributed by atoms with Gasteiger partial charge in [0.15, 0.2) is 0 Å². The molecule has 0 atom stereocenters. The highest BCUT2D eigenvalue weighted by atomic mass is 32.1. The lowest BCUT2D eigenvalue weighted by molar-refractivity contribution is -0.145. The zero-order valence-electron chi connectivity index (χ0n) is 14.3. The molecule has 1 saturated heterocycles. The molecule has 0 saturated carbocycles. The van der Waals surface area contributed by atoms with Crippen LogP contribution in [0.15, 0.2) is 29.9 Å². The van der Waals surface area contributed by atoms with Crippen molar-refractivity contribution >= 4 is 34.4 Å². The Balaban J connectivity index is 1.97. The lowest BCUT2D eigenvalue weighted by atomic mass is 10.1. The highest BCUT2D eigenvalue weighted by molar-refractivity contribution is 7.17. The van der Waals surface area contributed by atoms with Crippen LogP contribution in [0.4, 0.5) is 5.00 Å². The molecule has 6 nitrogen and oxygen atoms in total. The summed E-state index contributed by atoms with van der Waals surface area (Å²) in [5.74, 6) is -0.980. The largest absolute Gasteiger partial charge is 0.465 e. The van der Waals surface area contributed by atoms with E-state index in [9.17, 15) is 9.59 Å². The minimum absolute atomic E-state index is 0.0266. The third-order valence-electron chi connectivity index (χ3n) is 3.80. The fourth-order valence-electron chi connectivity index (χ4n) is 2.42. The molecule has 1 aliphatic rings. The van der Waals surface area contributed by atoms with E-state index < -0.39 is 5.97 Å². The number of piperidine rings is 1. The summed E-state index contributed by atoms with van der Waals surface area (Å²) in [4.78, 5) is 26.1. The second-order valence-electron chi connectivity index (χ2n) is 5.71. The topological polar surface area (TPSA) is 79.6 Å². The Morgan fingerprint density at radius 3 is 2.60 bits per heavy atom. The van der Waals surface area contributed by atoms with Gasteiger partial charge < -0.3 is 14.4 Å². The van der Waals surface area contributed by atoms with Crippen LogP contribution in [0.5, 0.6) is 0 Å². The van der Waals surface area contributed by atoms with E-state index in [1.54, 1.807) is 6.92 Å². The van der Waals surface area contributed by atoms with E-state index in [-0.39, 0.29) is 17.6 Å². The summed E-state index contributed by atoms with van der Waals surface area (Å²) in [5, 5.41) is 10.1. The molecule has 1 fully saturated rings. The first-order valence-corrected chi connectivity index (χ1v) is 8.67. The van der Waals surface area contributed by atoms with Crippen molar-refractivity contribution in [3.63, 3.8) is 0 Å². The van der Waals surface area contributed by atoms with Crippen LogP contribution in [-0.2, 0) is 19.1 Å². The zero-order valence-corrected chi connectivity index (χ0v) is 15.1. The van der Waals surface area contributed by atoms with Crippen molar-refractivity contribution in [1.29, 1.82) is 5.26 Å². The van der Waals surface area contributed by atoms with Crippen molar-refractivity contribution in [3.05, 3.63) is 34.7 Å². The first-order chi connectivity index (χ1) is 11.9. The lowest BCUT2D eigenvalue weighted by Crippen LogP contribution is -2.37. The number of nitrogens with zero attached hydrogens (tertiary/aromatic N) is 2. The summed E-state index contributed by atoms with van der Waals surface area (Å²) < 4.78 is 9.97. The number of thiophene rings is 1. The van der Waals surface area contributed by atoms with Gasteiger partial charge in [0, 0.05) is 36.4 Å². The lowest BCUT2D eigenvalue weighted by Gasteiger charge is -2.32. The van der Waals surface area contributed by atoms with Gasteiger partial charge in [-0.3, -0.25) is 0 Å². The molecule has 0 unspecified atom stereocenters. The molecule has 132 valence electrons. The van der Waals surface area contributed by atoms with Crippen molar-refractivity contribution in [1.82, 2.24) is 0 Å². The molecule has 0 N–H and O–H groups in total. The van der Waals surface area contributed by atoms with Crippen LogP contribution >= 0.6 is 11.3 Å². The first kappa shape index (κ1) is 18.7. The van der Waals surface area contributed by atoms with E-state index in [1.165, 1.54) is 24.5 Å². The third kappa shape index (κ3) is 4.94. The maximum Gasteiger partial charge on any atom is 0.348 e. The van der Waals surface area contributed by atoms with Crippen molar-refractivity contribution < 1.29 is 19.1 Å². The Bertz CT molecular complexity index is 737. The van der Waals surface area contributed by atoms with E-state index in [0.29, 0.717) is 5.57 Å². The molecular formula is C18H20N2O4S.